The van der Waals surface area contributed by atoms with Crippen molar-refractivity contribution in [2.45, 2.75) is 0 Å². The van der Waals surface area contributed by atoms with E-state index in [1.165, 1.54) is 0 Å². The topological polar surface area (TPSA) is 61.0 Å². The predicted octanol–water partition coefficient (Wildman–Crippen LogP) is 2.78. The van der Waals surface area contributed by atoms with Crippen LogP contribution < -0.4 is 10.5 Å². The molecule has 2 rings (SSSR count). The molecule has 0 atom stereocenters. The Hall–Kier alpha value is -1.95. The Labute approximate surface area is 100 Å². The molecule has 0 aliphatic carbocycles. The van der Waals surface area contributed by atoms with Crippen molar-refractivity contribution in [3.05, 3.63) is 41.2 Å². The van der Waals surface area contributed by atoms with Crippen molar-refractivity contribution in [1.82, 2.24) is 9.97 Å². The summed E-state index contributed by atoms with van der Waals surface area (Å²) in [4.78, 5) is 7.28. The molecule has 0 fully saturated rings. The molecule has 2 N–H and O–H groups in total. The Kier molecular flexibility index (Phi) is 3.06. The van der Waals surface area contributed by atoms with Gasteiger partial charge in [0, 0.05) is 6.07 Å². The molecule has 0 aliphatic rings. The van der Waals surface area contributed by atoms with Crippen molar-refractivity contribution in [1.29, 1.82) is 0 Å². The molecule has 0 saturated heterocycles. The molecule has 17 heavy (non-hydrogen) atoms. The summed E-state index contributed by atoms with van der Waals surface area (Å²) in [6.45, 7) is 0. The van der Waals surface area contributed by atoms with Crippen molar-refractivity contribution in [3.8, 4) is 11.6 Å². The van der Waals surface area contributed by atoms with E-state index < -0.39 is 11.6 Å². The summed E-state index contributed by atoms with van der Waals surface area (Å²) in [7, 11) is 0. The lowest BCUT2D eigenvalue weighted by Gasteiger charge is -2.07. The lowest BCUT2D eigenvalue weighted by molar-refractivity contribution is 0.422. The van der Waals surface area contributed by atoms with E-state index in [-0.39, 0.29) is 22.5 Å². The second kappa shape index (κ2) is 4.50. The van der Waals surface area contributed by atoms with Gasteiger partial charge in [-0.05, 0) is 12.1 Å². The Balaban J connectivity index is 2.38. The second-order valence-corrected chi connectivity index (χ2v) is 3.43. The van der Waals surface area contributed by atoms with Gasteiger partial charge >= 0.3 is 0 Å². The number of aromatic nitrogens is 2. The van der Waals surface area contributed by atoms with Crippen LogP contribution in [0.1, 0.15) is 0 Å². The molecule has 0 amide bonds. The lowest BCUT2D eigenvalue weighted by atomic mass is 10.3. The third-order valence-corrected chi connectivity index (χ3v) is 2.24. The SMILES string of the molecule is Nc1ncnc(Oc2cc(F)ccc2F)c1Cl. The number of hydrogen-bond acceptors (Lipinski definition) is 4. The van der Waals surface area contributed by atoms with Crippen LogP contribution in [0.4, 0.5) is 14.6 Å². The van der Waals surface area contributed by atoms with Crippen LogP contribution in [0.2, 0.25) is 5.02 Å². The summed E-state index contributed by atoms with van der Waals surface area (Å²) in [5.41, 5.74) is 5.41. The largest absolute Gasteiger partial charge is 0.434 e. The van der Waals surface area contributed by atoms with Gasteiger partial charge in [-0.1, -0.05) is 11.6 Å². The van der Waals surface area contributed by atoms with Crippen LogP contribution in [0.5, 0.6) is 11.6 Å². The number of ether oxygens (including phenoxy) is 1. The summed E-state index contributed by atoms with van der Waals surface area (Å²) >= 11 is 5.74. The van der Waals surface area contributed by atoms with Crippen molar-refractivity contribution in [2.24, 2.45) is 0 Å². The summed E-state index contributed by atoms with van der Waals surface area (Å²) < 4.78 is 31.2. The van der Waals surface area contributed by atoms with Crippen LogP contribution in [0.25, 0.3) is 0 Å². The Morgan fingerprint density at radius 1 is 1.24 bits per heavy atom. The Morgan fingerprint density at radius 2 is 2.00 bits per heavy atom. The zero-order valence-electron chi connectivity index (χ0n) is 8.32. The molecule has 88 valence electrons. The third-order valence-electron chi connectivity index (χ3n) is 1.88. The zero-order chi connectivity index (χ0) is 12.4. The van der Waals surface area contributed by atoms with Crippen molar-refractivity contribution < 1.29 is 13.5 Å². The van der Waals surface area contributed by atoms with Gasteiger partial charge in [0.25, 0.3) is 0 Å². The second-order valence-electron chi connectivity index (χ2n) is 3.05. The maximum Gasteiger partial charge on any atom is 0.243 e. The molecule has 1 aromatic carbocycles. The summed E-state index contributed by atoms with van der Waals surface area (Å²) in [6, 6.07) is 2.78. The number of nitrogens with two attached hydrogens (primary N) is 1. The fraction of sp³-hybridized carbons (Fsp3) is 0. The fourth-order valence-corrected chi connectivity index (χ4v) is 1.23. The minimum absolute atomic E-state index is 0.00604. The smallest absolute Gasteiger partial charge is 0.243 e. The highest BCUT2D eigenvalue weighted by Gasteiger charge is 2.12. The van der Waals surface area contributed by atoms with E-state index in [4.69, 9.17) is 22.1 Å². The maximum absolute atomic E-state index is 13.3. The van der Waals surface area contributed by atoms with Gasteiger partial charge in [-0.25, -0.2) is 13.8 Å². The van der Waals surface area contributed by atoms with Crippen LogP contribution in [0.3, 0.4) is 0 Å². The van der Waals surface area contributed by atoms with Gasteiger partial charge < -0.3 is 10.5 Å². The van der Waals surface area contributed by atoms with Crippen LogP contribution in [-0.4, -0.2) is 9.97 Å². The van der Waals surface area contributed by atoms with E-state index >= 15 is 0 Å². The monoisotopic (exact) mass is 257 g/mol. The highest BCUT2D eigenvalue weighted by atomic mass is 35.5. The average Bonchev–Trinajstić information content (AvgIpc) is 2.30. The van der Waals surface area contributed by atoms with Crippen LogP contribution in [0.15, 0.2) is 24.5 Å². The molecule has 2 aromatic rings. The van der Waals surface area contributed by atoms with E-state index in [9.17, 15) is 8.78 Å². The first-order valence-electron chi connectivity index (χ1n) is 4.47. The van der Waals surface area contributed by atoms with Gasteiger partial charge in [0.2, 0.25) is 5.88 Å². The minimum atomic E-state index is -0.736. The molecule has 7 heteroatoms. The summed E-state index contributed by atoms with van der Waals surface area (Å²) in [5, 5.41) is -0.0591. The summed E-state index contributed by atoms with van der Waals surface area (Å²) in [5.74, 6) is -1.85. The van der Waals surface area contributed by atoms with Gasteiger partial charge in [-0.2, -0.15) is 4.98 Å². The first kappa shape index (κ1) is 11.5. The number of anilines is 1. The Bertz CT molecular complexity index is 565. The van der Waals surface area contributed by atoms with E-state index in [0.29, 0.717) is 0 Å². The molecular formula is C10H6ClF2N3O. The summed E-state index contributed by atoms with van der Waals surface area (Å²) in [6.07, 6.45) is 1.10. The minimum Gasteiger partial charge on any atom is -0.434 e. The number of nitrogens with zero attached hydrogens (tertiary/aromatic N) is 2. The number of nitrogen functional groups attached to an aromatic ring is 1. The molecule has 4 nitrogen and oxygen atoms in total. The van der Waals surface area contributed by atoms with Crippen LogP contribution >= 0.6 is 11.6 Å². The van der Waals surface area contributed by atoms with Crippen LogP contribution in [-0.2, 0) is 0 Å². The average molecular weight is 258 g/mol. The van der Waals surface area contributed by atoms with Gasteiger partial charge in [-0.15, -0.1) is 0 Å². The number of rotatable bonds is 2. The van der Waals surface area contributed by atoms with Gasteiger partial charge in [0.1, 0.15) is 23.0 Å². The molecule has 0 aliphatic heterocycles. The molecule has 1 aromatic heterocycles. The molecule has 0 spiro atoms. The van der Waals surface area contributed by atoms with E-state index in [1.807, 2.05) is 0 Å². The van der Waals surface area contributed by atoms with Crippen molar-refractivity contribution in [3.63, 3.8) is 0 Å². The molecule has 0 unspecified atom stereocenters. The van der Waals surface area contributed by atoms with Crippen molar-refractivity contribution in [2.75, 3.05) is 5.73 Å². The highest BCUT2D eigenvalue weighted by Crippen LogP contribution is 2.31. The quantitative estimate of drug-likeness (QED) is 0.899. The fourth-order valence-electron chi connectivity index (χ4n) is 1.10. The normalized spacial score (nSPS) is 10.3. The number of halogens is 3. The molecule has 1 heterocycles. The van der Waals surface area contributed by atoms with Gasteiger partial charge in [0.05, 0.1) is 0 Å². The maximum atomic E-state index is 13.3. The van der Waals surface area contributed by atoms with E-state index in [0.717, 1.165) is 24.5 Å². The van der Waals surface area contributed by atoms with E-state index in [1.54, 1.807) is 0 Å². The highest BCUT2D eigenvalue weighted by molar-refractivity contribution is 6.34. The standard InChI is InChI=1S/C10H6ClF2N3O/c11-8-9(14)15-4-16-10(8)17-7-3-5(12)1-2-6(7)13/h1-4H,(H2,14,15,16). The Morgan fingerprint density at radius 3 is 2.76 bits per heavy atom. The number of hydrogen-bond donors (Lipinski definition) is 1. The number of benzene rings is 1. The molecule has 0 saturated carbocycles. The molecule has 0 radical (unpaired) electrons. The third kappa shape index (κ3) is 2.42. The van der Waals surface area contributed by atoms with Gasteiger partial charge in [-0.3, -0.25) is 0 Å². The first-order valence-corrected chi connectivity index (χ1v) is 4.84. The molecular weight excluding hydrogens is 252 g/mol. The zero-order valence-corrected chi connectivity index (χ0v) is 9.08. The van der Waals surface area contributed by atoms with Gasteiger partial charge in [0.15, 0.2) is 11.6 Å². The predicted molar refractivity (Wildman–Crippen MR) is 57.9 cm³/mol. The van der Waals surface area contributed by atoms with E-state index in [2.05, 4.69) is 9.97 Å². The van der Waals surface area contributed by atoms with Crippen LogP contribution in [0, 0.1) is 11.6 Å². The first-order chi connectivity index (χ1) is 8.08. The lowest BCUT2D eigenvalue weighted by Crippen LogP contribution is -1.97. The van der Waals surface area contributed by atoms with Crippen molar-refractivity contribution >= 4 is 17.4 Å². The molecule has 0 bridgehead atoms.